The lowest BCUT2D eigenvalue weighted by Gasteiger charge is -2.25. The molecule has 2 N–H and O–H groups in total. The van der Waals surface area contributed by atoms with Gasteiger partial charge in [0.05, 0.1) is 12.6 Å². The van der Waals surface area contributed by atoms with Crippen LogP contribution in [-0.2, 0) is 0 Å². The summed E-state index contributed by atoms with van der Waals surface area (Å²) in [5.41, 5.74) is 8.36. The van der Waals surface area contributed by atoms with E-state index in [1.165, 1.54) is 5.56 Å². The summed E-state index contributed by atoms with van der Waals surface area (Å²) in [4.78, 5) is 6.46. The van der Waals surface area contributed by atoms with Crippen molar-refractivity contribution in [2.45, 2.75) is 6.04 Å². The highest BCUT2D eigenvalue weighted by Crippen LogP contribution is 2.32. The van der Waals surface area contributed by atoms with Crippen LogP contribution in [0.1, 0.15) is 11.6 Å². The molecule has 0 saturated carbocycles. The maximum absolute atomic E-state index is 6.01. The lowest BCUT2D eigenvalue weighted by atomic mass is 10.1. The third-order valence-corrected chi connectivity index (χ3v) is 4.25. The Labute approximate surface area is 118 Å². The Morgan fingerprint density at radius 3 is 2.72 bits per heavy atom. The van der Waals surface area contributed by atoms with Crippen molar-refractivity contribution in [1.82, 2.24) is 0 Å². The van der Waals surface area contributed by atoms with E-state index >= 15 is 0 Å². The van der Waals surface area contributed by atoms with E-state index in [9.17, 15) is 0 Å². The zero-order chi connectivity index (χ0) is 12.5. The lowest BCUT2D eigenvalue weighted by molar-refractivity contribution is 0.772. The Hall–Kier alpha value is -1.33. The monoisotopic (exact) mass is 321 g/mol. The molecule has 2 heterocycles. The second-order valence-electron chi connectivity index (χ2n) is 4.12. The van der Waals surface area contributed by atoms with Crippen LogP contribution in [0.25, 0.3) is 0 Å². The van der Waals surface area contributed by atoms with Gasteiger partial charge in [-0.3, -0.25) is 4.99 Å². The second-order valence-corrected chi connectivity index (χ2v) is 5.81. The minimum Gasteiger partial charge on any atom is -0.369 e. The molecule has 0 saturated heterocycles. The average molecular weight is 322 g/mol. The van der Waals surface area contributed by atoms with Gasteiger partial charge < -0.3 is 10.6 Å². The second kappa shape index (κ2) is 4.74. The van der Waals surface area contributed by atoms with Crippen molar-refractivity contribution in [3.63, 3.8) is 0 Å². The smallest absolute Gasteiger partial charge is 0.196 e. The van der Waals surface area contributed by atoms with Crippen LogP contribution in [-0.4, -0.2) is 12.5 Å². The zero-order valence-electron chi connectivity index (χ0n) is 9.58. The number of nitrogens with zero attached hydrogens (tertiary/aromatic N) is 2. The van der Waals surface area contributed by atoms with E-state index < -0.39 is 0 Å². The first-order valence-electron chi connectivity index (χ1n) is 5.62. The van der Waals surface area contributed by atoms with Crippen LogP contribution in [0.5, 0.6) is 0 Å². The van der Waals surface area contributed by atoms with Gasteiger partial charge in [0.2, 0.25) is 0 Å². The van der Waals surface area contributed by atoms with Crippen molar-refractivity contribution in [1.29, 1.82) is 0 Å². The summed E-state index contributed by atoms with van der Waals surface area (Å²) >= 11 is 5.15. The molecule has 1 aliphatic heterocycles. The number of rotatable bonds is 2. The number of thiophene rings is 1. The summed E-state index contributed by atoms with van der Waals surface area (Å²) in [7, 11) is 0. The van der Waals surface area contributed by atoms with Crippen LogP contribution in [0.15, 0.2) is 50.6 Å². The van der Waals surface area contributed by atoms with Gasteiger partial charge in [-0.2, -0.15) is 11.3 Å². The van der Waals surface area contributed by atoms with E-state index in [1.54, 1.807) is 11.3 Å². The number of aliphatic imine (C=N–C) groups is 1. The summed E-state index contributed by atoms with van der Waals surface area (Å²) < 4.78 is 1.06. The van der Waals surface area contributed by atoms with Crippen molar-refractivity contribution in [2.24, 2.45) is 10.7 Å². The van der Waals surface area contributed by atoms with E-state index in [1.807, 2.05) is 12.1 Å². The van der Waals surface area contributed by atoms with Gasteiger partial charge in [-0.25, -0.2) is 0 Å². The number of hydrogen-bond donors (Lipinski definition) is 1. The highest BCUT2D eigenvalue weighted by Gasteiger charge is 2.28. The molecular weight excluding hydrogens is 310 g/mol. The summed E-state index contributed by atoms with van der Waals surface area (Å²) in [5.74, 6) is 0.591. The third-order valence-electron chi connectivity index (χ3n) is 3.02. The fourth-order valence-electron chi connectivity index (χ4n) is 2.13. The van der Waals surface area contributed by atoms with Crippen molar-refractivity contribution < 1.29 is 0 Å². The predicted molar refractivity (Wildman–Crippen MR) is 80.2 cm³/mol. The molecule has 1 aliphatic rings. The summed E-state index contributed by atoms with van der Waals surface area (Å²) in [6, 6.07) is 10.5. The number of hydrogen-bond acceptors (Lipinski definition) is 4. The molecule has 5 heteroatoms. The van der Waals surface area contributed by atoms with Gasteiger partial charge in [-0.05, 0) is 46.7 Å². The van der Waals surface area contributed by atoms with Gasteiger partial charge >= 0.3 is 0 Å². The number of benzene rings is 1. The van der Waals surface area contributed by atoms with Crippen LogP contribution in [0, 0.1) is 0 Å². The zero-order valence-corrected chi connectivity index (χ0v) is 12.0. The first kappa shape index (κ1) is 11.7. The quantitative estimate of drug-likeness (QED) is 0.921. The summed E-state index contributed by atoms with van der Waals surface area (Å²) in [5, 5.41) is 4.24. The molecule has 1 atom stereocenters. The van der Waals surface area contributed by atoms with Gasteiger partial charge in [0.25, 0.3) is 0 Å². The summed E-state index contributed by atoms with van der Waals surface area (Å²) in [6.07, 6.45) is 0. The Bertz CT molecular complexity index is 562. The molecule has 1 unspecified atom stereocenters. The molecule has 0 amide bonds. The maximum atomic E-state index is 6.01. The highest BCUT2D eigenvalue weighted by atomic mass is 79.9. The Kier molecular flexibility index (Phi) is 3.09. The van der Waals surface area contributed by atoms with Crippen molar-refractivity contribution in [2.75, 3.05) is 11.4 Å². The molecule has 3 rings (SSSR count). The highest BCUT2D eigenvalue weighted by molar-refractivity contribution is 9.10. The van der Waals surface area contributed by atoms with Crippen molar-refractivity contribution >= 4 is 38.9 Å². The molecule has 18 heavy (non-hydrogen) atoms. The number of nitrogens with two attached hydrogens (primary N) is 1. The van der Waals surface area contributed by atoms with Crippen LogP contribution >= 0.6 is 27.3 Å². The van der Waals surface area contributed by atoms with Crippen molar-refractivity contribution in [3.05, 3.63) is 51.1 Å². The first-order valence-corrected chi connectivity index (χ1v) is 7.36. The number of halogens is 1. The fraction of sp³-hybridized carbons (Fsp3) is 0.154. The van der Waals surface area contributed by atoms with Gasteiger partial charge in [-0.15, -0.1) is 0 Å². The van der Waals surface area contributed by atoms with E-state index in [0.29, 0.717) is 5.96 Å². The molecular formula is C13H12BrN3S. The average Bonchev–Trinajstić information content (AvgIpc) is 2.99. The Morgan fingerprint density at radius 2 is 2.06 bits per heavy atom. The van der Waals surface area contributed by atoms with E-state index in [0.717, 1.165) is 16.7 Å². The summed E-state index contributed by atoms with van der Waals surface area (Å²) in [6.45, 7) is 0.721. The largest absolute Gasteiger partial charge is 0.369 e. The molecule has 92 valence electrons. The number of guanidine groups is 1. The first-order chi connectivity index (χ1) is 8.75. The third kappa shape index (κ3) is 2.04. The minimum absolute atomic E-state index is 0.220. The van der Waals surface area contributed by atoms with E-state index in [4.69, 9.17) is 5.73 Å². The minimum atomic E-state index is 0.220. The number of anilines is 1. The molecule has 0 spiro atoms. The molecule has 2 aromatic rings. The van der Waals surface area contributed by atoms with Gasteiger partial charge in [0.15, 0.2) is 5.96 Å². The fourth-order valence-corrected chi connectivity index (χ4v) is 3.10. The lowest BCUT2D eigenvalue weighted by Crippen LogP contribution is -2.35. The van der Waals surface area contributed by atoms with Gasteiger partial charge in [-0.1, -0.05) is 15.9 Å². The van der Waals surface area contributed by atoms with E-state index in [2.05, 4.69) is 54.8 Å². The predicted octanol–water partition coefficient (Wildman–Crippen LogP) is 3.39. The normalized spacial score (nSPS) is 19.1. The van der Waals surface area contributed by atoms with Gasteiger partial charge in [0, 0.05) is 10.2 Å². The van der Waals surface area contributed by atoms with Crippen molar-refractivity contribution in [3.8, 4) is 0 Å². The van der Waals surface area contributed by atoms with E-state index in [-0.39, 0.29) is 6.04 Å². The molecule has 0 bridgehead atoms. The maximum Gasteiger partial charge on any atom is 0.196 e. The molecule has 3 nitrogen and oxygen atoms in total. The van der Waals surface area contributed by atoms with Crippen LogP contribution in [0.4, 0.5) is 5.69 Å². The molecule has 0 radical (unpaired) electrons. The molecule has 1 aromatic heterocycles. The standard InChI is InChI=1S/C13H12BrN3S/c14-10-1-3-11(4-2-10)17-12(7-16-13(17)15)9-5-6-18-8-9/h1-6,8,12H,7H2,(H2,15,16). The molecule has 0 aliphatic carbocycles. The molecule has 0 fully saturated rings. The SMILES string of the molecule is NC1=NCC(c2ccsc2)N1c1ccc(Br)cc1. The van der Waals surface area contributed by atoms with Crippen LogP contribution in [0.2, 0.25) is 0 Å². The topological polar surface area (TPSA) is 41.6 Å². The van der Waals surface area contributed by atoms with Crippen LogP contribution in [0.3, 0.4) is 0 Å². The Morgan fingerprint density at radius 1 is 1.28 bits per heavy atom. The Balaban J connectivity index is 1.97. The van der Waals surface area contributed by atoms with Crippen LogP contribution < -0.4 is 10.6 Å². The molecule has 1 aromatic carbocycles. The van der Waals surface area contributed by atoms with Gasteiger partial charge in [0.1, 0.15) is 0 Å².